The molecule has 1 fully saturated rings. The molecule has 2 amide bonds. The van der Waals surface area contributed by atoms with E-state index in [0.717, 1.165) is 24.2 Å². The molecule has 0 unspecified atom stereocenters. The topological polar surface area (TPSA) is 97.4 Å². The Kier molecular flexibility index (Phi) is 5.64. The van der Waals surface area contributed by atoms with E-state index in [4.69, 9.17) is 4.74 Å². The van der Waals surface area contributed by atoms with E-state index in [1.165, 1.54) is 12.1 Å². The number of amides is 2. The zero-order valence-electron chi connectivity index (χ0n) is 15.9. The summed E-state index contributed by atoms with van der Waals surface area (Å²) in [5, 5.41) is 5.79. The summed E-state index contributed by atoms with van der Waals surface area (Å²) in [6.07, 6.45) is 1.93. The number of aromatic nitrogens is 1. The molecule has 9 heteroatoms. The van der Waals surface area contributed by atoms with Crippen LogP contribution in [0.5, 0.6) is 0 Å². The van der Waals surface area contributed by atoms with Crippen LogP contribution in [0.2, 0.25) is 0 Å². The summed E-state index contributed by atoms with van der Waals surface area (Å²) in [6, 6.07) is 2.79. The van der Waals surface area contributed by atoms with E-state index in [0.29, 0.717) is 15.2 Å². The van der Waals surface area contributed by atoms with Gasteiger partial charge in [0, 0.05) is 6.04 Å². The van der Waals surface area contributed by atoms with Gasteiger partial charge in [-0.2, -0.15) is 0 Å². The van der Waals surface area contributed by atoms with Crippen LogP contribution in [0.4, 0.5) is 4.39 Å². The lowest BCUT2D eigenvalue weighted by atomic mass is 10.1. The second kappa shape index (κ2) is 7.83. The Labute approximate surface area is 165 Å². The van der Waals surface area contributed by atoms with Crippen molar-refractivity contribution >= 4 is 39.3 Å². The van der Waals surface area contributed by atoms with Gasteiger partial charge < -0.3 is 15.4 Å². The van der Waals surface area contributed by atoms with Gasteiger partial charge in [0.2, 0.25) is 11.8 Å². The van der Waals surface area contributed by atoms with Crippen LogP contribution in [0.1, 0.15) is 49.0 Å². The first-order valence-electron chi connectivity index (χ1n) is 8.99. The molecule has 2 N–H and O–H groups in total. The summed E-state index contributed by atoms with van der Waals surface area (Å²) in [4.78, 5) is 40.1. The van der Waals surface area contributed by atoms with Crippen molar-refractivity contribution in [3.63, 3.8) is 0 Å². The first-order chi connectivity index (χ1) is 13.1. The molecule has 0 aliphatic heterocycles. The standard InChI is InChI=1S/C19H22FN3O4S/c1-19(2,3)27-18(26)11-6-13-14(7-12(11)20)28-17(23-13)8-15(24)21-9-16(25)22-10-4-5-10/h6-7,10H,4-5,8-9H2,1-3H3,(H,21,24)(H,22,25). The predicted octanol–water partition coefficient (Wildman–Crippen LogP) is 2.33. The Morgan fingerprint density at radius 3 is 2.61 bits per heavy atom. The summed E-state index contributed by atoms with van der Waals surface area (Å²) in [6.45, 7) is 5.01. The molecule has 1 heterocycles. The van der Waals surface area contributed by atoms with Crippen molar-refractivity contribution in [3.8, 4) is 0 Å². The lowest BCUT2D eigenvalue weighted by molar-refractivity contribution is -0.125. The number of hydrogen-bond acceptors (Lipinski definition) is 6. The third kappa shape index (κ3) is 5.48. The molecule has 0 bridgehead atoms. The number of nitrogens with one attached hydrogen (secondary N) is 2. The highest BCUT2D eigenvalue weighted by Crippen LogP contribution is 2.26. The summed E-state index contributed by atoms with van der Waals surface area (Å²) in [7, 11) is 0. The fourth-order valence-electron chi connectivity index (χ4n) is 2.45. The lowest BCUT2D eigenvalue weighted by Crippen LogP contribution is -2.38. The Bertz CT molecular complexity index is 931. The average molecular weight is 407 g/mol. The SMILES string of the molecule is CC(C)(C)OC(=O)c1cc2nc(CC(=O)NCC(=O)NC3CC3)sc2cc1F. The number of carbonyl (C=O) groups excluding carboxylic acids is 3. The van der Waals surface area contributed by atoms with E-state index < -0.39 is 17.4 Å². The maximum absolute atomic E-state index is 14.3. The summed E-state index contributed by atoms with van der Waals surface area (Å²) in [5.74, 6) is -2.03. The van der Waals surface area contributed by atoms with Crippen molar-refractivity contribution < 1.29 is 23.5 Å². The monoisotopic (exact) mass is 407 g/mol. The van der Waals surface area contributed by atoms with Gasteiger partial charge in [-0.15, -0.1) is 11.3 Å². The Balaban J connectivity index is 1.65. The van der Waals surface area contributed by atoms with Crippen LogP contribution in [0.25, 0.3) is 10.2 Å². The van der Waals surface area contributed by atoms with Gasteiger partial charge in [0.05, 0.1) is 28.7 Å². The largest absolute Gasteiger partial charge is 0.456 e. The first kappa shape index (κ1) is 20.2. The molecule has 0 spiro atoms. The third-order valence-electron chi connectivity index (χ3n) is 3.84. The predicted molar refractivity (Wildman–Crippen MR) is 103 cm³/mol. The quantitative estimate of drug-likeness (QED) is 0.717. The van der Waals surface area contributed by atoms with Crippen molar-refractivity contribution in [2.24, 2.45) is 0 Å². The van der Waals surface area contributed by atoms with Crippen LogP contribution in [-0.4, -0.2) is 41.0 Å². The number of benzene rings is 1. The molecule has 3 rings (SSSR count). The number of fused-ring (bicyclic) bond motifs is 1. The highest BCUT2D eigenvalue weighted by atomic mass is 32.1. The molecule has 1 aromatic heterocycles. The summed E-state index contributed by atoms with van der Waals surface area (Å²) < 4.78 is 20.0. The number of hydrogen-bond donors (Lipinski definition) is 2. The van der Waals surface area contributed by atoms with Crippen molar-refractivity contribution in [1.82, 2.24) is 15.6 Å². The number of esters is 1. The van der Waals surface area contributed by atoms with E-state index in [1.54, 1.807) is 20.8 Å². The molecule has 150 valence electrons. The van der Waals surface area contributed by atoms with Crippen LogP contribution >= 0.6 is 11.3 Å². The van der Waals surface area contributed by atoms with E-state index >= 15 is 0 Å². The van der Waals surface area contributed by atoms with Crippen LogP contribution < -0.4 is 10.6 Å². The fraction of sp³-hybridized carbons (Fsp3) is 0.474. The molecule has 1 aromatic carbocycles. The minimum Gasteiger partial charge on any atom is -0.456 e. The number of ether oxygens (including phenoxy) is 1. The van der Waals surface area contributed by atoms with E-state index in [-0.39, 0.29) is 36.4 Å². The molecule has 0 radical (unpaired) electrons. The zero-order valence-corrected chi connectivity index (χ0v) is 16.7. The van der Waals surface area contributed by atoms with E-state index in [1.807, 2.05) is 0 Å². The molecule has 0 atom stereocenters. The molecule has 1 aliphatic carbocycles. The normalized spacial score (nSPS) is 14.0. The van der Waals surface area contributed by atoms with E-state index in [2.05, 4.69) is 15.6 Å². The Hall–Kier alpha value is -2.55. The first-order valence-corrected chi connectivity index (χ1v) is 9.81. The Morgan fingerprint density at radius 1 is 1.25 bits per heavy atom. The maximum atomic E-state index is 14.3. The minimum atomic E-state index is -0.763. The lowest BCUT2D eigenvalue weighted by Gasteiger charge is -2.19. The van der Waals surface area contributed by atoms with Gasteiger partial charge in [0.15, 0.2) is 0 Å². The second-order valence-electron chi connectivity index (χ2n) is 7.70. The van der Waals surface area contributed by atoms with Gasteiger partial charge in [-0.25, -0.2) is 14.2 Å². The van der Waals surface area contributed by atoms with Crippen LogP contribution in [-0.2, 0) is 20.7 Å². The number of carbonyl (C=O) groups is 3. The molecule has 7 nitrogen and oxygen atoms in total. The van der Waals surface area contributed by atoms with Gasteiger partial charge in [-0.1, -0.05) is 0 Å². The van der Waals surface area contributed by atoms with Gasteiger partial charge in [0.25, 0.3) is 0 Å². The molecular weight excluding hydrogens is 385 g/mol. The fourth-order valence-corrected chi connectivity index (χ4v) is 3.42. The number of thiazole rings is 1. The molecule has 1 saturated carbocycles. The van der Waals surface area contributed by atoms with Crippen molar-refractivity contribution in [1.29, 1.82) is 0 Å². The van der Waals surface area contributed by atoms with Crippen molar-refractivity contribution in [2.75, 3.05) is 6.54 Å². The third-order valence-corrected chi connectivity index (χ3v) is 4.86. The molecular formula is C19H22FN3O4S. The summed E-state index contributed by atoms with van der Waals surface area (Å²) in [5.41, 5.74) is -0.516. The van der Waals surface area contributed by atoms with Crippen molar-refractivity contribution in [2.45, 2.75) is 51.7 Å². The van der Waals surface area contributed by atoms with Gasteiger partial charge >= 0.3 is 5.97 Å². The van der Waals surface area contributed by atoms with E-state index in [9.17, 15) is 18.8 Å². The molecule has 0 saturated heterocycles. The molecule has 2 aromatic rings. The molecule has 28 heavy (non-hydrogen) atoms. The van der Waals surface area contributed by atoms with Crippen LogP contribution in [0.3, 0.4) is 0 Å². The highest BCUT2D eigenvalue weighted by molar-refractivity contribution is 7.18. The second-order valence-corrected chi connectivity index (χ2v) is 8.82. The highest BCUT2D eigenvalue weighted by Gasteiger charge is 2.24. The number of rotatable bonds is 6. The van der Waals surface area contributed by atoms with Gasteiger partial charge in [0.1, 0.15) is 16.4 Å². The Morgan fingerprint density at radius 2 is 1.96 bits per heavy atom. The van der Waals surface area contributed by atoms with Gasteiger partial charge in [-0.3, -0.25) is 9.59 Å². The van der Waals surface area contributed by atoms with Gasteiger partial charge in [-0.05, 0) is 45.7 Å². The van der Waals surface area contributed by atoms with Crippen molar-refractivity contribution in [3.05, 3.63) is 28.5 Å². The molecule has 1 aliphatic rings. The maximum Gasteiger partial charge on any atom is 0.341 e. The average Bonchev–Trinajstić information content (AvgIpc) is 3.29. The number of nitrogens with zero attached hydrogens (tertiary/aromatic N) is 1. The van der Waals surface area contributed by atoms with Crippen LogP contribution in [0, 0.1) is 5.82 Å². The smallest absolute Gasteiger partial charge is 0.341 e. The minimum absolute atomic E-state index is 0.0283. The summed E-state index contributed by atoms with van der Waals surface area (Å²) >= 11 is 1.16. The number of halogens is 1. The van der Waals surface area contributed by atoms with Crippen LogP contribution in [0.15, 0.2) is 12.1 Å². The zero-order chi connectivity index (χ0) is 20.5.